The van der Waals surface area contributed by atoms with Crippen molar-refractivity contribution in [3.8, 4) is 16.9 Å². The van der Waals surface area contributed by atoms with Gasteiger partial charge >= 0.3 is 0 Å². The molecule has 0 aliphatic heterocycles. The van der Waals surface area contributed by atoms with E-state index in [-0.39, 0.29) is 11.4 Å². The topological polar surface area (TPSA) is 52.0 Å². The summed E-state index contributed by atoms with van der Waals surface area (Å²) in [6.07, 6.45) is -2.23. The summed E-state index contributed by atoms with van der Waals surface area (Å²) < 4.78 is 79.5. The summed E-state index contributed by atoms with van der Waals surface area (Å²) in [7, 11) is -4.14. The number of benzene rings is 2. The molecule has 2 aromatic carbocycles. The SMILES string of the molecule is CS(=O)(=O)c1c(F)cc(-n2nc(C(F)F)cc2-c2ccc(Br)cc2)cc1F. The van der Waals surface area contributed by atoms with Gasteiger partial charge in [0.05, 0.1) is 11.4 Å². The minimum absolute atomic E-state index is 0.170. The molecule has 142 valence electrons. The number of alkyl halides is 2. The molecule has 0 amide bonds. The van der Waals surface area contributed by atoms with Crippen LogP contribution in [0.3, 0.4) is 0 Å². The molecule has 3 aromatic rings. The molecule has 0 fully saturated rings. The highest BCUT2D eigenvalue weighted by Crippen LogP contribution is 2.31. The van der Waals surface area contributed by atoms with Gasteiger partial charge in [0.2, 0.25) is 0 Å². The molecule has 10 heteroatoms. The first kappa shape index (κ1) is 19.6. The molecule has 0 bridgehead atoms. The Balaban J connectivity index is 2.24. The molecule has 0 saturated carbocycles. The first-order chi connectivity index (χ1) is 12.6. The molecule has 4 nitrogen and oxygen atoms in total. The summed E-state index contributed by atoms with van der Waals surface area (Å²) in [6.45, 7) is 0. The molecule has 0 aliphatic carbocycles. The minimum atomic E-state index is -4.14. The second-order valence-corrected chi connectivity index (χ2v) is 8.55. The number of halogens is 5. The molecule has 0 saturated heterocycles. The van der Waals surface area contributed by atoms with Crippen LogP contribution in [-0.2, 0) is 9.84 Å². The molecule has 0 unspecified atom stereocenters. The van der Waals surface area contributed by atoms with Crippen molar-refractivity contribution in [2.45, 2.75) is 11.3 Å². The van der Waals surface area contributed by atoms with Gasteiger partial charge in [-0.15, -0.1) is 0 Å². The van der Waals surface area contributed by atoms with Crippen molar-refractivity contribution in [2.24, 2.45) is 0 Å². The van der Waals surface area contributed by atoms with Crippen LogP contribution in [0.15, 0.2) is 51.8 Å². The van der Waals surface area contributed by atoms with Gasteiger partial charge in [0.25, 0.3) is 6.43 Å². The Hall–Kier alpha value is -2.20. The van der Waals surface area contributed by atoms with Crippen LogP contribution >= 0.6 is 15.9 Å². The summed E-state index contributed by atoms with van der Waals surface area (Å²) >= 11 is 3.26. The van der Waals surface area contributed by atoms with Crippen molar-refractivity contribution in [3.05, 3.63) is 64.3 Å². The van der Waals surface area contributed by atoms with Crippen LogP contribution in [0.1, 0.15) is 12.1 Å². The van der Waals surface area contributed by atoms with Crippen molar-refractivity contribution in [2.75, 3.05) is 6.26 Å². The Kier molecular flexibility index (Phi) is 5.13. The minimum Gasteiger partial charge on any atom is -0.232 e. The third-order valence-electron chi connectivity index (χ3n) is 3.69. The van der Waals surface area contributed by atoms with Gasteiger partial charge < -0.3 is 0 Å². The molecular formula is C17H11BrF4N2O2S. The molecule has 0 atom stereocenters. The van der Waals surface area contributed by atoms with Crippen LogP contribution < -0.4 is 0 Å². The molecule has 0 spiro atoms. The van der Waals surface area contributed by atoms with Crippen LogP contribution in [0.2, 0.25) is 0 Å². The molecule has 1 aromatic heterocycles. The molecular weight excluding hydrogens is 452 g/mol. The van der Waals surface area contributed by atoms with E-state index in [2.05, 4.69) is 21.0 Å². The zero-order chi connectivity index (χ0) is 19.9. The second kappa shape index (κ2) is 7.08. The number of aromatic nitrogens is 2. The second-order valence-electron chi connectivity index (χ2n) is 5.68. The molecule has 0 radical (unpaired) electrons. The summed E-state index contributed by atoms with van der Waals surface area (Å²) in [5, 5.41) is 3.72. The average molecular weight is 463 g/mol. The summed E-state index contributed by atoms with van der Waals surface area (Å²) in [6, 6.07) is 9.16. The Morgan fingerprint density at radius 2 is 1.59 bits per heavy atom. The number of sulfone groups is 1. The predicted molar refractivity (Wildman–Crippen MR) is 94.7 cm³/mol. The fourth-order valence-corrected chi connectivity index (χ4v) is 3.64. The highest BCUT2D eigenvalue weighted by Gasteiger charge is 2.23. The monoisotopic (exact) mass is 462 g/mol. The van der Waals surface area contributed by atoms with E-state index in [1.807, 2.05) is 0 Å². The Morgan fingerprint density at radius 3 is 2.07 bits per heavy atom. The lowest BCUT2D eigenvalue weighted by Crippen LogP contribution is -2.08. The highest BCUT2D eigenvalue weighted by molar-refractivity contribution is 9.10. The lowest BCUT2D eigenvalue weighted by Gasteiger charge is -2.10. The van der Waals surface area contributed by atoms with Gasteiger partial charge in [-0.25, -0.2) is 30.7 Å². The number of nitrogens with zero attached hydrogens (tertiary/aromatic N) is 2. The Bertz CT molecular complexity index is 1090. The zero-order valence-corrected chi connectivity index (χ0v) is 16.0. The van der Waals surface area contributed by atoms with Crippen LogP contribution in [0, 0.1) is 11.6 Å². The molecule has 1 heterocycles. The summed E-state index contributed by atoms with van der Waals surface area (Å²) in [5.41, 5.74) is -0.155. The third-order valence-corrected chi connectivity index (χ3v) is 5.35. The van der Waals surface area contributed by atoms with Crippen molar-refractivity contribution < 1.29 is 26.0 Å². The third kappa shape index (κ3) is 3.91. The van der Waals surface area contributed by atoms with Crippen molar-refractivity contribution in [1.29, 1.82) is 0 Å². The van der Waals surface area contributed by atoms with E-state index in [1.165, 1.54) is 0 Å². The number of hydrogen-bond acceptors (Lipinski definition) is 3. The smallest absolute Gasteiger partial charge is 0.232 e. The molecule has 0 N–H and O–H groups in total. The fourth-order valence-electron chi connectivity index (χ4n) is 2.55. The van der Waals surface area contributed by atoms with Crippen LogP contribution in [-0.4, -0.2) is 24.5 Å². The van der Waals surface area contributed by atoms with Crippen molar-refractivity contribution in [3.63, 3.8) is 0 Å². The van der Waals surface area contributed by atoms with Crippen molar-refractivity contribution >= 4 is 25.8 Å². The lowest BCUT2D eigenvalue weighted by molar-refractivity contribution is 0.145. The van der Waals surface area contributed by atoms with E-state index < -0.39 is 38.5 Å². The standard InChI is InChI=1S/C17H11BrF4N2O2S/c1-27(25,26)16-12(19)6-11(7-13(16)20)24-15(8-14(23-24)17(21)22)9-2-4-10(18)5-3-9/h2-8,17H,1H3. The molecule has 3 rings (SSSR count). The highest BCUT2D eigenvalue weighted by atomic mass is 79.9. The largest absolute Gasteiger partial charge is 0.282 e. The van der Waals surface area contributed by atoms with E-state index in [0.717, 1.165) is 27.4 Å². The van der Waals surface area contributed by atoms with E-state index in [0.29, 0.717) is 11.8 Å². The first-order valence-electron chi connectivity index (χ1n) is 7.41. The summed E-state index contributed by atoms with van der Waals surface area (Å²) in [5.74, 6) is -2.66. The molecule has 27 heavy (non-hydrogen) atoms. The van der Waals surface area contributed by atoms with Gasteiger partial charge in [0.15, 0.2) is 9.84 Å². The van der Waals surface area contributed by atoms with Gasteiger partial charge in [-0.05, 0) is 18.2 Å². The van der Waals surface area contributed by atoms with Crippen molar-refractivity contribution in [1.82, 2.24) is 9.78 Å². The normalized spacial score (nSPS) is 12.0. The number of rotatable bonds is 4. The van der Waals surface area contributed by atoms with E-state index in [4.69, 9.17) is 0 Å². The number of hydrogen-bond donors (Lipinski definition) is 0. The predicted octanol–water partition coefficient (Wildman–Crippen LogP) is 4.92. The molecule has 0 aliphatic rings. The van der Waals surface area contributed by atoms with Gasteiger partial charge in [-0.2, -0.15) is 5.10 Å². The van der Waals surface area contributed by atoms with E-state index in [9.17, 15) is 26.0 Å². The van der Waals surface area contributed by atoms with Crippen LogP contribution in [0.4, 0.5) is 17.6 Å². The van der Waals surface area contributed by atoms with Gasteiger partial charge in [-0.1, -0.05) is 28.1 Å². The first-order valence-corrected chi connectivity index (χ1v) is 10.1. The van der Waals surface area contributed by atoms with Gasteiger partial charge in [0, 0.05) is 28.4 Å². The maximum absolute atomic E-state index is 14.2. The summed E-state index contributed by atoms with van der Waals surface area (Å²) in [4.78, 5) is -1.09. The van der Waals surface area contributed by atoms with Crippen LogP contribution in [0.5, 0.6) is 0 Å². The quantitative estimate of drug-likeness (QED) is 0.517. The van der Waals surface area contributed by atoms with Crippen LogP contribution in [0.25, 0.3) is 16.9 Å². The Morgan fingerprint density at radius 1 is 1.04 bits per heavy atom. The van der Waals surface area contributed by atoms with E-state index in [1.54, 1.807) is 24.3 Å². The zero-order valence-electron chi connectivity index (χ0n) is 13.6. The van der Waals surface area contributed by atoms with Gasteiger partial charge in [-0.3, -0.25) is 0 Å². The van der Waals surface area contributed by atoms with Gasteiger partial charge in [0.1, 0.15) is 22.2 Å². The maximum Gasteiger partial charge on any atom is 0.282 e. The van der Waals surface area contributed by atoms with E-state index >= 15 is 0 Å². The Labute approximate surface area is 160 Å². The maximum atomic E-state index is 14.2. The average Bonchev–Trinajstić information content (AvgIpc) is 2.99. The fraction of sp³-hybridized carbons (Fsp3) is 0.118. The lowest BCUT2D eigenvalue weighted by atomic mass is 10.1.